The zero-order valence-electron chi connectivity index (χ0n) is 12.3. The fraction of sp³-hybridized carbons (Fsp3) is 0.600. The van der Waals surface area contributed by atoms with E-state index in [1.54, 1.807) is 6.92 Å². The van der Waals surface area contributed by atoms with E-state index in [1.807, 2.05) is 32.0 Å². The first-order valence-corrected chi connectivity index (χ1v) is 8.79. The van der Waals surface area contributed by atoms with Crippen LogP contribution in [0.2, 0.25) is 0 Å². The molecule has 112 valence electrons. The van der Waals surface area contributed by atoms with Crippen molar-refractivity contribution in [1.82, 2.24) is 0 Å². The molecule has 0 spiro atoms. The maximum atomic E-state index is 11.4. The van der Waals surface area contributed by atoms with Crippen LogP contribution in [0.25, 0.3) is 0 Å². The number of fused-ring (bicyclic) bond motifs is 1. The van der Waals surface area contributed by atoms with Crippen LogP contribution in [0.5, 0.6) is 11.5 Å². The Hall–Kier alpha value is -1.23. The quantitative estimate of drug-likeness (QED) is 0.758. The van der Waals surface area contributed by atoms with Crippen molar-refractivity contribution in [2.75, 3.05) is 18.1 Å². The average Bonchev–Trinajstić information content (AvgIpc) is 2.69. The molecule has 0 atom stereocenters. The van der Waals surface area contributed by atoms with Crippen molar-refractivity contribution in [1.29, 1.82) is 0 Å². The van der Waals surface area contributed by atoms with E-state index in [0.29, 0.717) is 18.8 Å². The molecule has 0 amide bonds. The molecule has 1 heterocycles. The van der Waals surface area contributed by atoms with Crippen molar-refractivity contribution >= 4 is 9.84 Å². The first kappa shape index (κ1) is 15.2. The zero-order valence-corrected chi connectivity index (χ0v) is 13.1. The van der Waals surface area contributed by atoms with Crippen molar-refractivity contribution in [3.05, 3.63) is 23.8 Å². The van der Waals surface area contributed by atoms with Crippen LogP contribution in [0.1, 0.15) is 32.8 Å². The van der Waals surface area contributed by atoms with Crippen molar-refractivity contribution in [2.45, 2.75) is 39.2 Å². The fourth-order valence-electron chi connectivity index (χ4n) is 2.31. The summed E-state index contributed by atoms with van der Waals surface area (Å²) in [5.41, 5.74) is 0.946. The normalized spacial score (nSPS) is 16.6. The van der Waals surface area contributed by atoms with Crippen LogP contribution < -0.4 is 9.47 Å². The van der Waals surface area contributed by atoms with Gasteiger partial charge in [0.2, 0.25) is 0 Å². The molecule has 0 unspecified atom stereocenters. The van der Waals surface area contributed by atoms with Crippen LogP contribution in [0.3, 0.4) is 0 Å². The van der Waals surface area contributed by atoms with Crippen molar-refractivity contribution < 1.29 is 17.9 Å². The third-order valence-electron chi connectivity index (χ3n) is 3.35. The molecular weight excluding hydrogens is 276 g/mol. The minimum absolute atomic E-state index is 0.172. The lowest BCUT2D eigenvalue weighted by Gasteiger charge is -2.18. The largest absolute Gasteiger partial charge is 0.490 e. The van der Waals surface area contributed by atoms with Gasteiger partial charge in [-0.1, -0.05) is 19.1 Å². The molecule has 0 aromatic heterocycles. The van der Waals surface area contributed by atoms with Crippen LogP contribution in [0.15, 0.2) is 18.2 Å². The van der Waals surface area contributed by atoms with Crippen molar-refractivity contribution in [2.24, 2.45) is 0 Å². The smallest absolute Gasteiger partial charge is 0.165 e. The molecule has 0 N–H and O–H groups in total. The van der Waals surface area contributed by atoms with E-state index in [-0.39, 0.29) is 17.1 Å². The Morgan fingerprint density at radius 1 is 1.35 bits per heavy atom. The van der Waals surface area contributed by atoms with Crippen LogP contribution in [0.4, 0.5) is 0 Å². The van der Waals surface area contributed by atoms with E-state index in [9.17, 15) is 8.42 Å². The monoisotopic (exact) mass is 298 g/mol. The molecular formula is C15H22O4S. The van der Waals surface area contributed by atoms with Gasteiger partial charge in [-0.25, -0.2) is 8.42 Å². The molecule has 2 rings (SSSR count). The van der Waals surface area contributed by atoms with Gasteiger partial charge < -0.3 is 9.47 Å². The van der Waals surface area contributed by atoms with Gasteiger partial charge in [0.25, 0.3) is 0 Å². The van der Waals surface area contributed by atoms with E-state index < -0.39 is 9.84 Å². The van der Waals surface area contributed by atoms with Crippen LogP contribution in [0, 0.1) is 0 Å². The predicted octanol–water partition coefficient (Wildman–Crippen LogP) is 2.60. The lowest BCUT2D eigenvalue weighted by Crippen LogP contribution is -2.24. The molecule has 1 aromatic rings. The molecule has 0 radical (unpaired) electrons. The van der Waals surface area contributed by atoms with Gasteiger partial charge in [0, 0.05) is 17.7 Å². The molecule has 1 aliphatic rings. The van der Waals surface area contributed by atoms with Gasteiger partial charge in [-0.3, -0.25) is 0 Å². The third kappa shape index (κ3) is 3.66. The maximum absolute atomic E-state index is 11.4. The molecule has 0 fully saturated rings. The van der Waals surface area contributed by atoms with E-state index in [1.165, 1.54) is 0 Å². The first-order valence-electron chi connectivity index (χ1n) is 6.97. The molecule has 5 heteroatoms. The summed E-state index contributed by atoms with van der Waals surface area (Å²) in [7, 11) is -2.92. The molecule has 1 aromatic carbocycles. The highest BCUT2D eigenvalue weighted by atomic mass is 32.2. The highest BCUT2D eigenvalue weighted by Crippen LogP contribution is 2.41. The van der Waals surface area contributed by atoms with Gasteiger partial charge in [-0.15, -0.1) is 0 Å². The number of hydrogen-bond acceptors (Lipinski definition) is 4. The fourth-order valence-corrected chi connectivity index (χ4v) is 3.15. The summed E-state index contributed by atoms with van der Waals surface area (Å²) in [6.07, 6.45) is 1.37. The number of rotatable bonds is 6. The summed E-state index contributed by atoms with van der Waals surface area (Å²) in [5.74, 6) is 1.87. The van der Waals surface area contributed by atoms with E-state index in [2.05, 4.69) is 0 Å². The SMILES string of the molecule is CCS(=O)(=O)CCCOc1cccc2c1OC(C)(C)C2. The Balaban J connectivity index is 1.94. The highest BCUT2D eigenvalue weighted by Gasteiger charge is 2.32. The number of hydrogen-bond donors (Lipinski definition) is 0. The number of benzene rings is 1. The summed E-state index contributed by atoms with van der Waals surface area (Å²) in [6.45, 7) is 6.14. The van der Waals surface area contributed by atoms with Crippen LogP contribution in [-0.2, 0) is 16.3 Å². The molecule has 1 aliphatic heterocycles. The molecule has 4 nitrogen and oxygen atoms in total. The van der Waals surface area contributed by atoms with Gasteiger partial charge >= 0.3 is 0 Å². The van der Waals surface area contributed by atoms with E-state index in [0.717, 1.165) is 17.7 Å². The Kier molecular flexibility index (Phi) is 4.28. The topological polar surface area (TPSA) is 52.6 Å². The second-order valence-electron chi connectivity index (χ2n) is 5.72. The molecule has 0 bridgehead atoms. The first-order chi connectivity index (χ1) is 9.33. The minimum atomic E-state index is -2.92. The van der Waals surface area contributed by atoms with Crippen molar-refractivity contribution in [3.63, 3.8) is 0 Å². The lowest BCUT2D eigenvalue weighted by atomic mass is 10.0. The standard InChI is InChI=1S/C15H22O4S/c1-4-20(16,17)10-6-9-18-13-8-5-7-12-11-15(2,3)19-14(12)13/h5,7-8H,4,6,9-11H2,1-3H3. The van der Waals surface area contributed by atoms with Gasteiger partial charge in [0.05, 0.1) is 12.4 Å². The predicted molar refractivity (Wildman–Crippen MR) is 79.3 cm³/mol. The van der Waals surface area contributed by atoms with E-state index in [4.69, 9.17) is 9.47 Å². The maximum Gasteiger partial charge on any atom is 0.165 e. The second-order valence-corrected chi connectivity index (χ2v) is 8.19. The number of para-hydroxylation sites is 1. The number of ether oxygens (including phenoxy) is 2. The molecule has 20 heavy (non-hydrogen) atoms. The minimum Gasteiger partial charge on any atom is -0.490 e. The lowest BCUT2D eigenvalue weighted by molar-refractivity contribution is 0.132. The Morgan fingerprint density at radius 2 is 2.10 bits per heavy atom. The summed E-state index contributed by atoms with van der Waals surface area (Å²) in [6, 6.07) is 5.86. The van der Waals surface area contributed by atoms with Crippen LogP contribution >= 0.6 is 0 Å². The summed E-state index contributed by atoms with van der Waals surface area (Å²) in [4.78, 5) is 0. The van der Waals surface area contributed by atoms with Gasteiger partial charge in [-0.05, 0) is 26.3 Å². The highest BCUT2D eigenvalue weighted by molar-refractivity contribution is 7.91. The Bertz CT molecular complexity index is 576. The third-order valence-corrected chi connectivity index (χ3v) is 5.14. The average molecular weight is 298 g/mol. The van der Waals surface area contributed by atoms with Crippen molar-refractivity contribution in [3.8, 4) is 11.5 Å². The Morgan fingerprint density at radius 3 is 2.80 bits per heavy atom. The second kappa shape index (κ2) is 5.64. The molecule has 0 saturated heterocycles. The van der Waals surface area contributed by atoms with Gasteiger partial charge in [0.1, 0.15) is 15.4 Å². The number of sulfone groups is 1. The summed E-state index contributed by atoms with van der Waals surface area (Å²) >= 11 is 0. The van der Waals surface area contributed by atoms with Gasteiger partial charge in [-0.2, -0.15) is 0 Å². The summed E-state index contributed by atoms with van der Waals surface area (Å²) < 4.78 is 34.4. The Labute approximate surface area is 121 Å². The summed E-state index contributed by atoms with van der Waals surface area (Å²) in [5, 5.41) is 0. The molecule has 0 aliphatic carbocycles. The van der Waals surface area contributed by atoms with Crippen LogP contribution in [-0.4, -0.2) is 32.1 Å². The zero-order chi connectivity index (χ0) is 14.8. The van der Waals surface area contributed by atoms with Gasteiger partial charge in [0.15, 0.2) is 11.5 Å². The molecule has 0 saturated carbocycles. The van der Waals surface area contributed by atoms with E-state index >= 15 is 0 Å².